The number of allylic oxidation sites excluding steroid dienone is 7. The van der Waals surface area contributed by atoms with E-state index in [0.717, 1.165) is 42.9 Å². The predicted molar refractivity (Wildman–Crippen MR) is 116 cm³/mol. The monoisotopic (exact) mass is 366 g/mol. The third-order valence-electron chi connectivity index (χ3n) is 4.90. The molecule has 0 fully saturated rings. The molecule has 0 aliphatic carbocycles. The van der Waals surface area contributed by atoms with Crippen LogP contribution in [0.1, 0.15) is 63.9 Å². The van der Waals surface area contributed by atoms with Crippen LogP contribution in [0, 0.1) is 0 Å². The molecule has 0 N–H and O–H groups in total. The zero-order valence-electron chi connectivity index (χ0n) is 17.5. The Balaban J connectivity index is 2.68. The van der Waals surface area contributed by atoms with E-state index in [9.17, 15) is 0 Å². The second-order valence-electron chi connectivity index (χ2n) is 7.45. The van der Waals surface area contributed by atoms with Gasteiger partial charge in [0.2, 0.25) is 0 Å². The number of aromatic nitrogens is 3. The van der Waals surface area contributed by atoms with E-state index in [2.05, 4.69) is 93.0 Å². The van der Waals surface area contributed by atoms with Crippen LogP contribution in [-0.2, 0) is 0 Å². The highest BCUT2D eigenvalue weighted by Crippen LogP contribution is 2.31. The normalized spacial score (nSPS) is 25.3. The van der Waals surface area contributed by atoms with Crippen molar-refractivity contribution in [2.75, 3.05) is 20.1 Å². The van der Waals surface area contributed by atoms with E-state index in [1.807, 2.05) is 10.8 Å². The third kappa shape index (κ3) is 5.39. The molecule has 0 aromatic carbocycles. The SMILES string of the molecule is C=C/C1=C(\C=C/C)CCN(C)CC/C=C\C=C/C(C)c2nnn(C(C)C)c21. The Morgan fingerprint density at radius 1 is 1.26 bits per heavy atom. The molecule has 1 aliphatic rings. The highest BCUT2D eigenvalue weighted by atomic mass is 15.4. The fourth-order valence-electron chi connectivity index (χ4n) is 3.34. The van der Waals surface area contributed by atoms with Crippen molar-refractivity contribution >= 4 is 5.57 Å². The van der Waals surface area contributed by atoms with Crippen LogP contribution in [0.25, 0.3) is 5.57 Å². The van der Waals surface area contributed by atoms with Gasteiger partial charge in [-0.25, -0.2) is 4.68 Å². The summed E-state index contributed by atoms with van der Waals surface area (Å²) in [7, 11) is 2.18. The van der Waals surface area contributed by atoms with Gasteiger partial charge in [-0.05, 0) is 46.2 Å². The zero-order valence-corrected chi connectivity index (χ0v) is 17.5. The molecule has 146 valence electrons. The lowest BCUT2D eigenvalue weighted by molar-refractivity contribution is 0.346. The van der Waals surface area contributed by atoms with Gasteiger partial charge in [-0.1, -0.05) is 61.2 Å². The first-order valence-electron chi connectivity index (χ1n) is 9.95. The first-order chi connectivity index (χ1) is 13.0. The van der Waals surface area contributed by atoms with E-state index in [1.165, 1.54) is 5.57 Å². The Bertz CT molecular complexity index is 746. The number of nitrogens with zero attached hydrogens (tertiary/aromatic N) is 4. The van der Waals surface area contributed by atoms with E-state index >= 15 is 0 Å². The summed E-state index contributed by atoms with van der Waals surface area (Å²) in [4.78, 5) is 2.38. The first kappa shape index (κ1) is 21.1. The van der Waals surface area contributed by atoms with Crippen LogP contribution in [0.15, 0.2) is 54.7 Å². The summed E-state index contributed by atoms with van der Waals surface area (Å²) in [6.07, 6.45) is 17.0. The molecule has 4 nitrogen and oxygen atoms in total. The van der Waals surface area contributed by atoms with E-state index < -0.39 is 0 Å². The van der Waals surface area contributed by atoms with Crippen LogP contribution < -0.4 is 0 Å². The van der Waals surface area contributed by atoms with E-state index in [1.54, 1.807) is 0 Å². The van der Waals surface area contributed by atoms with Crippen LogP contribution in [0.5, 0.6) is 0 Å². The zero-order chi connectivity index (χ0) is 19.8. The highest BCUT2D eigenvalue weighted by Gasteiger charge is 2.22. The Hall–Kier alpha value is -2.20. The lowest BCUT2D eigenvalue weighted by Gasteiger charge is -2.19. The van der Waals surface area contributed by atoms with Gasteiger partial charge in [-0.2, -0.15) is 0 Å². The van der Waals surface area contributed by atoms with Gasteiger partial charge in [0, 0.05) is 30.6 Å². The quantitative estimate of drug-likeness (QED) is 0.726. The van der Waals surface area contributed by atoms with Crippen LogP contribution in [0.2, 0.25) is 0 Å². The second kappa shape index (κ2) is 10.2. The average molecular weight is 367 g/mol. The summed E-state index contributed by atoms with van der Waals surface area (Å²) in [5, 5.41) is 9.04. The molecule has 0 saturated heterocycles. The summed E-state index contributed by atoms with van der Waals surface area (Å²) in [6, 6.07) is 0.237. The molecule has 1 aromatic rings. The molecule has 0 amide bonds. The molecule has 0 radical (unpaired) electrons. The molecular formula is C23H34N4. The molecule has 0 saturated carbocycles. The summed E-state index contributed by atoms with van der Waals surface area (Å²) in [5.74, 6) is 0.185. The van der Waals surface area contributed by atoms with Crippen molar-refractivity contribution in [3.05, 3.63) is 66.1 Å². The Morgan fingerprint density at radius 3 is 2.70 bits per heavy atom. The van der Waals surface area contributed by atoms with Crippen LogP contribution in [0.4, 0.5) is 0 Å². The number of hydrogen-bond donors (Lipinski definition) is 0. The molecule has 27 heavy (non-hydrogen) atoms. The topological polar surface area (TPSA) is 34.0 Å². The lowest BCUT2D eigenvalue weighted by atomic mass is 9.95. The van der Waals surface area contributed by atoms with Crippen molar-refractivity contribution < 1.29 is 0 Å². The van der Waals surface area contributed by atoms with Gasteiger partial charge in [0.05, 0.1) is 11.4 Å². The van der Waals surface area contributed by atoms with E-state index in [4.69, 9.17) is 0 Å². The lowest BCUT2D eigenvalue weighted by Crippen LogP contribution is -2.21. The molecule has 1 unspecified atom stereocenters. The number of fused-ring (bicyclic) bond motifs is 1. The minimum Gasteiger partial charge on any atom is -0.306 e. The van der Waals surface area contributed by atoms with Crippen molar-refractivity contribution in [1.82, 2.24) is 19.9 Å². The molecule has 0 spiro atoms. The van der Waals surface area contributed by atoms with Crippen LogP contribution in [0.3, 0.4) is 0 Å². The minimum absolute atomic E-state index is 0.185. The maximum Gasteiger partial charge on any atom is 0.0972 e. The molecular weight excluding hydrogens is 332 g/mol. The van der Waals surface area contributed by atoms with Crippen molar-refractivity contribution in [1.29, 1.82) is 0 Å². The van der Waals surface area contributed by atoms with Crippen LogP contribution >= 0.6 is 0 Å². The largest absolute Gasteiger partial charge is 0.306 e. The van der Waals surface area contributed by atoms with E-state index in [0.29, 0.717) is 0 Å². The number of hydrogen-bond acceptors (Lipinski definition) is 3. The molecule has 2 heterocycles. The Morgan fingerprint density at radius 2 is 2.04 bits per heavy atom. The van der Waals surface area contributed by atoms with Crippen molar-refractivity contribution in [2.24, 2.45) is 0 Å². The maximum absolute atomic E-state index is 4.56. The highest BCUT2D eigenvalue weighted by molar-refractivity contribution is 5.78. The minimum atomic E-state index is 0.185. The van der Waals surface area contributed by atoms with Crippen LogP contribution in [-0.4, -0.2) is 40.0 Å². The summed E-state index contributed by atoms with van der Waals surface area (Å²) >= 11 is 0. The molecule has 2 rings (SSSR count). The van der Waals surface area contributed by atoms with Gasteiger partial charge in [-0.15, -0.1) is 5.10 Å². The molecule has 0 bridgehead atoms. The fourth-order valence-corrected chi connectivity index (χ4v) is 3.34. The fraction of sp³-hybridized carbons (Fsp3) is 0.478. The molecule has 1 atom stereocenters. The average Bonchev–Trinajstić information content (AvgIpc) is 3.07. The van der Waals surface area contributed by atoms with Gasteiger partial charge in [0.25, 0.3) is 0 Å². The Labute approximate surface area is 164 Å². The molecule has 4 heteroatoms. The summed E-state index contributed by atoms with van der Waals surface area (Å²) < 4.78 is 2.03. The Kier molecular flexibility index (Phi) is 7.99. The van der Waals surface area contributed by atoms with Gasteiger partial charge < -0.3 is 4.90 Å². The summed E-state index contributed by atoms with van der Waals surface area (Å²) in [5.41, 5.74) is 4.53. The van der Waals surface area contributed by atoms with Gasteiger partial charge >= 0.3 is 0 Å². The molecule has 1 aliphatic heterocycles. The van der Waals surface area contributed by atoms with Gasteiger partial charge in [0.15, 0.2) is 0 Å². The predicted octanol–water partition coefficient (Wildman–Crippen LogP) is 5.32. The number of rotatable bonds is 3. The van der Waals surface area contributed by atoms with E-state index in [-0.39, 0.29) is 12.0 Å². The third-order valence-corrected chi connectivity index (χ3v) is 4.90. The van der Waals surface area contributed by atoms with Crippen molar-refractivity contribution in [3.63, 3.8) is 0 Å². The van der Waals surface area contributed by atoms with Gasteiger partial charge in [0.1, 0.15) is 0 Å². The summed E-state index contributed by atoms with van der Waals surface area (Å²) in [6.45, 7) is 14.7. The van der Waals surface area contributed by atoms with Crippen molar-refractivity contribution in [2.45, 2.75) is 52.5 Å². The standard InChI is InChI=1S/C23H34N4/c1-7-13-20-15-17-26(6)16-12-10-9-11-14-19(5)22-23(21(20)8-2)27(18(3)4)25-24-22/h7-11,13-14,18-19H,2,12,15-17H2,1,3-6H3/b10-9-,13-7-,14-11-,21-20-. The second-order valence-corrected chi connectivity index (χ2v) is 7.45. The maximum atomic E-state index is 4.56. The van der Waals surface area contributed by atoms with Crippen molar-refractivity contribution in [3.8, 4) is 0 Å². The first-order valence-corrected chi connectivity index (χ1v) is 9.95. The van der Waals surface area contributed by atoms with Gasteiger partial charge in [-0.3, -0.25) is 0 Å². The molecule has 1 aromatic heterocycles. The smallest absolute Gasteiger partial charge is 0.0972 e.